The topological polar surface area (TPSA) is 38.8 Å². The van der Waals surface area contributed by atoms with E-state index in [-0.39, 0.29) is 27.1 Å². The molecule has 1 heterocycles. The highest BCUT2D eigenvalue weighted by Crippen LogP contribution is 2.17. The maximum Gasteiger partial charge on any atom is 0.410 e. The molecule has 5 heteroatoms. The number of likely N-dealkylation sites (tertiary alicyclic amines) is 1. The molecule has 0 aliphatic carbocycles. The second-order valence-electron chi connectivity index (χ2n) is 4.24. The molecule has 1 aromatic carbocycles. The summed E-state index contributed by atoms with van der Waals surface area (Å²) < 4.78 is 23.4. The van der Waals surface area contributed by atoms with Crippen molar-refractivity contribution < 1.29 is 18.7 Å². The first-order valence-electron chi connectivity index (χ1n) is 5.83. The molecule has 106 valence electrons. The molecule has 1 unspecified atom stereocenters. The van der Waals surface area contributed by atoms with Crippen LogP contribution in [0, 0.1) is 0 Å². The van der Waals surface area contributed by atoms with Gasteiger partial charge in [0, 0.05) is 7.11 Å². The Kier molecular flexibility index (Phi) is 5.76. The second-order valence-corrected chi connectivity index (χ2v) is 4.24. The van der Waals surface area contributed by atoms with E-state index in [1.54, 1.807) is 0 Å². The molecular weight excluding hydrogens is 249 g/mol. The van der Waals surface area contributed by atoms with Crippen LogP contribution in [0.5, 0.6) is 0 Å². The number of hydrogen-bond donors (Lipinski definition) is 0. The lowest BCUT2D eigenvalue weighted by molar-refractivity contribution is 0.0602. The number of amides is 1. The first-order chi connectivity index (χ1) is 8.70. The van der Waals surface area contributed by atoms with Gasteiger partial charge in [-0.15, -0.1) is 0 Å². The van der Waals surface area contributed by atoms with E-state index in [1.165, 1.54) is 12.0 Å². The normalized spacial score (nSPS) is 21.9. The molecule has 1 aromatic rings. The number of alkyl halides is 1. The van der Waals surface area contributed by atoms with Gasteiger partial charge in [0.25, 0.3) is 0 Å². The maximum atomic E-state index is 13.4. The Morgan fingerprint density at radius 2 is 2.05 bits per heavy atom. The summed E-state index contributed by atoms with van der Waals surface area (Å²) in [6, 6.07) is 9.37. The number of nitrogens with zero attached hydrogens (tertiary/aromatic N) is 1. The lowest BCUT2D eigenvalue weighted by Gasteiger charge is -2.15. The highest BCUT2D eigenvalue weighted by atomic mass is 19.1. The van der Waals surface area contributed by atoms with Gasteiger partial charge in [-0.1, -0.05) is 37.8 Å². The third-order valence-electron chi connectivity index (χ3n) is 2.96. The molecule has 1 aliphatic heterocycles. The van der Waals surface area contributed by atoms with Crippen molar-refractivity contribution in [1.29, 1.82) is 0 Å². The zero-order valence-corrected chi connectivity index (χ0v) is 10.2. The molecule has 2 atom stereocenters. The summed E-state index contributed by atoms with van der Waals surface area (Å²) in [6.45, 7) is 0.474. The van der Waals surface area contributed by atoms with Crippen molar-refractivity contribution in [2.45, 2.75) is 26.3 Å². The lowest BCUT2D eigenvalue weighted by Crippen LogP contribution is -2.30. The quantitative estimate of drug-likeness (QED) is 0.846. The van der Waals surface area contributed by atoms with Gasteiger partial charge in [-0.3, -0.25) is 0 Å². The molecule has 1 saturated heterocycles. The van der Waals surface area contributed by atoms with Gasteiger partial charge >= 0.3 is 6.09 Å². The van der Waals surface area contributed by atoms with Crippen LogP contribution in [0.2, 0.25) is 0 Å². The fraction of sp³-hybridized carbons (Fsp3) is 0.500. The molecule has 0 aromatic heterocycles. The van der Waals surface area contributed by atoms with E-state index in [9.17, 15) is 9.18 Å². The summed E-state index contributed by atoms with van der Waals surface area (Å²) >= 11 is 0. The molecule has 4 nitrogen and oxygen atoms in total. The van der Waals surface area contributed by atoms with Crippen molar-refractivity contribution in [3.8, 4) is 0 Å². The van der Waals surface area contributed by atoms with Crippen molar-refractivity contribution in [2.75, 3.05) is 20.2 Å². The van der Waals surface area contributed by atoms with Gasteiger partial charge in [0.05, 0.1) is 13.1 Å². The van der Waals surface area contributed by atoms with Gasteiger partial charge < -0.3 is 14.4 Å². The first kappa shape index (κ1) is 15.4. The van der Waals surface area contributed by atoms with Gasteiger partial charge in [-0.25, -0.2) is 9.18 Å². The van der Waals surface area contributed by atoms with Gasteiger partial charge in [0.2, 0.25) is 0 Å². The SMILES string of the molecule is C.CO[C@@H]1CN(C(=O)OCc2ccccc2)CC1F. The molecule has 0 N–H and O–H groups in total. The number of methoxy groups -OCH3 is 1. The van der Waals surface area contributed by atoms with E-state index >= 15 is 0 Å². The smallest absolute Gasteiger partial charge is 0.410 e. The molecule has 0 saturated carbocycles. The van der Waals surface area contributed by atoms with E-state index in [2.05, 4.69) is 0 Å². The molecule has 0 spiro atoms. The number of ether oxygens (including phenoxy) is 2. The van der Waals surface area contributed by atoms with E-state index in [0.717, 1.165) is 5.56 Å². The van der Waals surface area contributed by atoms with Gasteiger partial charge in [0.1, 0.15) is 18.9 Å². The molecule has 0 bridgehead atoms. The van der Waals surface area contributed by atoms with Crippen LogP contribution >= 0.6 is 0 Å². The highest BCUT2D eigenvalue weighted by Gasteiger charge is 2.36. The van der Waals surface area contributed by atoms with Crippen LogP contribution in [0.3, 0.4) is 0 Å². The minimum absolute atomic E-state index is 0. The van der Waals surface area contributed by atoms with Crippen LogP contribution in [0.25, 0.3) is 0 Å². The summed E-state index contributed by atoms with van der Waals surface area (Å²) in [6.07, 6.45) is -2.19. The summed E-state index contributed by atoms with van der Waals surface area (Å²) in [7, 11) is 1.44. The number of carbonyl (C=O) groups excluding carboxylic acids is 1. The molecule has 1 fully saturated rings. The van der Waals surface area contributed by atoms with Gasteiger partial charge in [0.15, 0.2) is 0 Å². The number of carbonyl (C=O) groups is 1. The van der Waals surface area contributed by atoms with Crippen LogP contribution in [-0.4, -0.2) is 43.5 Å². The van der Waals surface area contributed by atoms with Crippen LogP contribution in [-0.2, 0) is 16.1 Å². The average molecular weight is 269 g/mol. The fourth-order valence-corrected chi connectivity index (χ4v) is 1.92. The van der Waals surface area contributed by atoms with Crippen molar-refractivity contribution >= 4 is 6.09 Å². The van der Waals surface area contributed by atoms with Crippen molar-refractivity contribution in [3.05, 3.63) is 35.9 Å². The van der Waals surface area contributed by atoms with E-state index < -0.39 is 18.4 Å². The second kappa shape index (κ2) is 7.09. The third-order valence-corrected chi connectivity index (χ3v) is 2.96. The average Bonchev–Trinajstić information content (AvgIpc) is 2.78. The van der Waals surface area contributed by atoms with Crippen LogP contribution < -0.4 is 0 Å². The predicted octanol–water partition coefficient (Wildman–Crippen LogP) is 2.63. The minimum atomic E-state index is -1.14. The summed E-state index contributed by atoms with van der Waals surface area (Å²) in [5, 5.41) is 0. The summed E-state index contributed by atoms with van der Waals surface area (Å²) in [4.78, 5) is 13.0. The van der Waals surface area contributed by atoms with Crippen molar-refractivity contribution in [2.24, 2.45) is 0 Å². The zero-order chi connectivity index (χ0) is 13.0. The third kappa shape index (κ3) is 3.92. The monoisotopic (exact) mass is 269 g/mol. The van der Waals surface area contributed by atoms with Crippen LogP contribution in [0.1, 0.15) is 13.0 Å². The standard InChI is InChI=1S/C13H16FNO3.CH4/c1-17-12-8-15(7-11(12)14)13(16)18-9-10-5-3-2-4-6-10;/h2-6,11-12H,7-9H2,1H3;1H4/t11?,12-;/m1./s1. The van der Waals surface area contributed by atoms with Crippen LogP contribution in [0.4, 0.5) is 9.18 Å². The van der Waals surface area contributed by atoms with Gasteiger partial charge in [-0.05, 0) is 5.56 Å². The number of rotatable bonds is 3. The predicted molar refractivity (Wildman–Crippen MR) is 70.6 cm³/mol. The summed E-state index contributed by atoms with van der Waals surface area (Å²) in [5.74, 6) is 0. The molecule has 2 rings (SSSR count). The molecular formula is C14H20FNO3. The van der Waals surface area contributed by atoms with Crippen LogP contribution in [0.15, 0.2) is 30.3 Å². The lowest BCUT2D eigenvalue weighted by atomic mass is 10.2. The molecule has 1 aliphatic rings. The van der Waals surface area contributed by atoms with Gasteiger partial charge in [-0.2, -0.15) is 0 Å². The Bertz CT molecular complexity index is 399. The molecule has 1 amide bonds. The van der Waals surface area contributed by atoms with E-state index in [1.807, 2.05) is 30.3 Å². The zero-order valence-electron chi connectivity index (χ0n) is 10.2. The number of halogens is 1. The highest BCUT2D eigenvalue weighted by molar-refractivity contribution is 5.68. The first-order valence-corrected chi connectivity index (χ1v) is 5.83. The minimum Gasteiger partial charge on any atom is -0.445 e. The molecule has 0 radical (unpaired) electrons. The van der Waals surface area contributed by atoms with Crippen molar-refractivity contribution in [3.63, 3.8) is 0 Å². The number of benzene rings is 1. The summed E-state index contributed by atoms with van der Waals surface area (Å²) in [5.41, 5.74) is 0.908. The largest absolute Gasteiger partial charge is 0.445 e. The Hall–Kier alpha value is -1.62. The Morgan fingerprint density at radius 3 is 2.63 bits per heavy atom. The fourth-order valence-electron chi connectivity index (χ4n) is 1.92. The maximum absolute atomic E-state index is 13.4. The molecule has 19 heavy (non-hydrogen) atoms. The Labute approximate surface area is 113 Å². The van der Waals surface area contributed by atoms with Crippen molar-refractivity contribution in [1.82, 2.24) is 4.90 Å². The van der Waals surface area contributed by atoms with E-state index in [4.69, 9.17) is 9.47 Å². The Morgan fingerprint density at radius 1 is 1.37 bits per heavy atom. The Balaban J connectivity index is 0.00000180. The number of hydrogen-bond acceptors (Lipinski definition) is 3. The van der Waals surface area contributed by atoms with E-state index in [0.29, 0.717) is 0 Å².